The van der Waals surface area contributed by atoms with Crippen molar-refractivity contribution in [1.82, 2.24) is 4.90 Å². The summed E-state index contributed by atoms with van der Waals surface area (Å²) in [5.74, 6) is -0.332. The summed E-state index contributed by atoms with van der Waals surface area (Å²) >= 11 is 0. The van der Waals surface area contributed by atoms with Crippen molar-refractivity contribution < 1.29 is 19.0 Å². The fourth-order valence-electron chi connectivity index (χ4n) is 3.84. The highest BCUT2D eigenvalue weighted by atomic mass is 19.1. The van der Waals surface area contributed by atoms with Crippen molar-refractivity contribution in [2.45, 2.75) is 44.6 Å². The summed E-state index contributed by atoms with van der Waals surface area (Å²) in [6.45, 7) is 1.44. The van der Waals surface area contributed by atoms with Gasteiger partial charge in [0.05, 0.1) is 13.2 Å². The first kappa shape index (κ1) is 17.0. The van der Waals surface area contributed by atoms with Crippen LogP contribution in [-0.2, 0) is 0 Å². The number of hydrogen-bond donors (Lipinski definition) is 2. The summed E-state index contributed by atoms with van der Waals surface area (Å²) < 4.78 is 18.4. The first-order valence-corrected chi connectivity index (χ1v) is 8.59. The maximum Gasteiger partial charge on any atom is 0.321 e. The molecule has 6 heteroatoms. The molecule has 1 aromatic carbocycles. The van der Waals surface area contributed by atoms with Crippen LogP contribution in [0.1, 0.15) is 38.5 Å². The zero-order valence-corrected chi connectivity index (χ0v) is 14.1. The van der Waals surface area contributed by atoms with E-state index >= 15 is 0 Å². The topological polar surface area (TPSA) is 61.8 Å². The van der Waals surface area contributed by atoms with Crippen LogP contribution in [0.3, 0.4) is 0 Å². The van der Waals surface area contributed by atoms with Crippen LogP contribution >= 0.6 is 0 Å². The Balaban J connectivity index is 1.55. The zero-order valence-electron chi connectivity index (χ0n) is 14.1. The largest absolute Gasteiger partial charge is 0.494 e. The van der Waals surface area contributed by atoms with Gasteiger partial charge in [0.15, 0.2) is 11.6 Å². The number of carbonyl (C=O) groups is 1. The average molecular weight is 336 g/mol. The van der Waals surface area contributed by atoms with E-state index in [-0.39, 0.29) is 17.9 Å². The molecule has 0 unspecified atom stereocenters. The minimum atomic E-state index is -0.449. The molecule has 0 aromatic heterocycles. The minimum absolute atomic E-state index is 0.117. The Bertz CT molecular complexity index is 590. The number of nitrogens with zero attached hydrogens (tertiary/aromatic N) is 1. The summed E-state index contributed by atoms with van der Waals surface area (Å²) in [4.78, 5) is 14.2. The van der Waals surface area contributed by atoms with E-state index in [1.807, 2.05) is 4.90 Å². The number of amides is 2. The van der Waals surface area contributed by atoms with E-state index in [9.17, 15) is 14.3 Å². The van der Waals surface area contributed by atoms with Gasteiger partial charge in [-0.1, -0.05) is 0 Å². The Hall–Kier alpha value is -1.82. The molecule has 1 aromatic rings. The van der Waals surface area contributed by atoms with Gasteiger partial charge in [0.25, 0.3) is 0 Å². The number of aliphatic hydroxyl groups excluding tert-OH is 1. The first-order valence-electron chi connectivity index (χ1n) is 8.59. The van der Waals surface area contributed by atoms with E-state index in [1.165, 1.54) is 25.3 Å². The number of benzene rings is 1. The number of halogens is 1. The quantitative estimate of drug-likeness (QED) is 0.870. The molecular formula is C18H25FN2O3. The highest BCUT2D eigenvalue weighted by molar-refractivity contribution is 5.89. The monoisotopic (exact) mass is 336 g/mol. The molecule has 5 nitrogen and oxygen atoms in total. The van der Waals surface area contributed by atoms with Crippen molar-refractivity contribution in [2.24, 2.45) is 5.41 Å². The van der Waals surface area contributed by atoms with Crippen molar-refractivity contribution in [1.29, 1.82) is 0 Å². The van der Waals surface area contributed by atoms with Crippen molar-refractivity contribution in [3.63, 3.8) is 0 Å². The average Bonchev–Trinajstić information content (AvgIpc) is 2.60. The molecule has 1 saturated heterocycles. The second-order valence-corrected chi connectivity index (χ2v) is 7.00. The maximum absolute atomic E-state index is 13.4. The molecule has 2 N–H and O–H groups in total. The number of hydrogen-bond acceptors (Lipinski definition) is 3. The lowest BCUT2D eigenvalue weighted by molar-refractivity contribution is 0.0263. The highest BCUT2D eigenvalue weighted by Gasteiger charge is 2.38. The second-order valence-electron chi connectivity index (χ2n) is 7.00. The number of urea groups is 1. The van der Waals surface area contributed by atoms with E-state index in [4.69, 9.17) is 4.74 Å². The van der Waals surface area contributed by atoms with E-state index in [0.29, 0.717) is 11.1 Å². The summed E-state index contributed by atoms with van der Waals surface area (Å²) in [7, 11) is 1.40. The van der Waals surface area contributed by atoms with Crippen LogP contribution in [0.5, 0.6) is 5.75 Å². The Morgan fingerprint density at radius 3 is 2.58 bits per heavy atom. The molecule has 0 bridgehead atoms. The summed E-state index contributed by atoms with van der Waals surface area (Å²) in [5.41, 5.74) is 0.828. The molecule has 0 atom stereocenters. The number of methoxy groups -OCH3 is 1. The fraction of sp³-hybridized carbons (Fsp3) is 0.611. The van der Waals surface area contributed by atoms with Gasteiger partial charge in [0.1, 0.15) is 0 Å². The standard InChI is InChI=1S/C18H25FN2O3/c1-24-16-12-13(2-3-15(16)19)20-17(23)21-10-8-18(9-11-21)6-4-14(22)5-7-18/h2-3,12,14,22H,4-11H2,1H3,(H,20,23). The molecule has 1 spiro atoms. The van der Waals surface area contributed by atoms with Crippen molar-refractivity contribution in [3.8, 4) is 5.75 Å². The van der Waals surface area contributed by atoms with Crippen LogP contribution in [0.25, 0.3) is 0 Å². The predicted molar refractivity (Wildman–Crippen MR) is 89.7 cm³/mol. The van der Waals surface area contributed by atoms with Gasteiger partial charge in [-0.25, -0.2) is 9.18 Å². The van der Waals surface area contributed by atoms with Gasteiger partial charge in [-0.3, -0.25) is 0 Å². The summed E-state index contributed by atoms with van der Waals surface area (Å²) in [6, 6.07) is 4.15. The molecule has 24 heavy (non-hydrogen) atoms. The van der Waals surface area contributed by atoms with Crippen molar-refractivity contribution in [3.05, 3.63) is 24.0 Å². The van der Waals surface area contributed by atoms with Gasteiger partial charge >= 0.3 is 6.03 Å². The lowest BCUT2D eigenvalue weighted by Gasteiger charge is -2.45. The number of aliphatic hydroxyl groups is 1. The lowest BCUT2D eigenvalue weighted by Crippen LogP contribution is -2.46. The van der Waals surface area contributed by atoms with Crippen LogP contribution in [0.2, 0.25) is 0 Å². The number of carbonyl (C=O) groups excluding carboxylic acids is 1. The third-order valence-corrected chi connectivity index (χ3v) is 5.53. The third kappa shape index (κ3) is 3.64. The molecule has 1 saturated carbocycles. The number of anilines is 1. The zero-order chi connectivity index (χ0) is 17.2. The van der Waals surface area contributed by atoms with Gasteiger partial charge in [-0.05, 0) is 56.1 Å². The Morgan fingerprint density at radius 2 is 1.96 bits per heavy atom. The van der Waals surface area contributed by atoms with Crippen LogP contribution in [0.15, 0.2) is 18.2 Å². The smallest absolute Gasteiger partial charge is 0.321 e. The van der Waals surface area contributed by atoms with E-state index < -0.39 is 5.82 Å². The molecule has 1 aliphatic carbocycles. The maximum atomic E-state index is 13.4. The Morgan fingerprint density at radius 1 is 1.29 bits per heavy atom. The Labute approximate surface area is 141 Å². The third-order valence-electron chi connectivity index (χ3n) is 5.53. The highest BCUT2D eigenvalue weighted by Crippen LogP contribution is 2.44. The number of piperidine rings is 1. The number of likely N-dealkylation sites (tertiary alicyclic amines) is 1. The molecule has 1 aliphatic heterocycles. The summed E-state index contributed by atoms with van der Waals surface area (Å²) in [6.07, 6.45) is 5.69. The van der Waals surface area contributed by atoms with E-state index in [0.717, 1.165) is 51.6 Å². The fourth-order valence-corrected chi connectivity index (χ4v) is 3.84. The molecule has 2 amide bonds. The van der Waals surface area contributed by atoms with Crippen molar-refractivity contribution in [2.75, 3.05) is 25.5 Å². The van der Waals surface area contributed by atoms with Gasteiger partial charge in [-0.15, -0.1) is 0 Å². The SMILES string of the molecule is COc1cc(NC(=O)N2CCC3(CCC(O)CC3)CC2)ccc1F. The van der Waals surface area contributed by atoms with Gasteiger partial charge in [0, 0.05) is 24.8 Å². The molecule has 3 rings (SSSR count). The van der Waals surface area contributed by atoms with Crippen LogP contribution in [-0.4, -0.2) is 42.3 Å². The number of ether oxygens (including phenoxy) is 1. The lowest BCUT2D eigenvalue weighted by atomic mass is 9.67. The van der Waals surface area contributed by atoms with Crippen LogP contribution in [0, 0.1) is 11.2 Å². The number of nitrogens with one attached hydrogen (secondary N) is 1. The van der Waals surface area contributed by atoms with E-state index in [1.54, 1.807) is 0 Å². The van der Waals surface area contributed by atoms with Crippen LogP contribution < -0.4 is 10.1 Å². The number of rotatable bonds is 2. The molecule has 2 fully saturated rings. The summed E-state index contributed by atoms with van der Waals surface area (Å²) in [5, 5.41) is 12.5. The van der Waals surface area contributed by atoms with Gasteiger partial charge < -0.3 is 20.1 Å². The normalized spacial score (nSPS) is 20.9. The van der Waals surface area contributed by atoms with Crippen LogP contribution in [0.4, 0.5) is 14.9 Å². The second kappa shape index (κ2) is 6.97. The minimum Gasteiger partial charge on any atom is -0.494 e. The molecule has 1 heterocycles. The molecule has 0 radical (unpaired) electrons. The van der Waals surface area contributed by atoms with E-state index in [2.05, 4.69) is 5.32 Å². The Kier molecular flexibility index (Phi) is 4.94. The van der Waals surface area contributed by atoms with Gasteiger partial charge in [0.2, 0.25) is 0 Å². The van der Waals surface area contributed by atoms with Gasteiger partial charge in [-0.2, -0.15) is 0 Å². The molecule has 2 aliphatic rings. The molecular weight excluding hydrogens is 311 g/mol. The predicted octanol–water partition coefficient (Wildman–Crippen LogP) is 3.38. The molecule has 132 valence electrons. The van der Waals surface area contributed by atoms with Crippen molar-refractivity contribution >= 4 is 11.7 Å². The first-order chi connectivity index (χ1) is 11.5.